The zero-order valence-electron chi connectivity index (χ0n) is 25.6. The minimum absolute atomic E-state index is 0.0143. The van der Waals surface area contributed by atoms with E-state index in [1.54, 1.807) is 18.3 Å². The predicted molar refractivity (Wildman–Crippen MR) is 174 cm³/mol. The number of nitrogens with one attached hydrogen (secondary N) is 4. The second-order valence-electron chi connectivity index (χ2n) is 12.5. The lowest BCUT2D eigenvalue weighted by molar-refractivity contribution is 0.0502. The average Bonchev–Trinajstić information content (AvgIpc) is 3.41. The van der Waals surface area contributed by atoms with Gasteiger partial charge in [0.1, 0.15) is 10.6 Å². The van der Waals surface area contributed by atoms with E-state index in [0.717, 1.165) is 39.4 Å². The fourth-order valence-electron chi connectivity index (χ4n) is 4.42. The Morgan fingerprint density at radius 2 is 1.84 bits per heavy atom. The lowest BCUT2D eigenvalue weighted by atomic mass is 9.95. The van der Waals surface area contributed by atoms with Crippen LogP contribution in [0.1, 0.15) is 71.4 Å². The number of thiazole rings is 1. The molecular formula is C32H41N5O4S2. The number of rotatable bonds is 8. The molecule has 1 heterocycles. The van der Waals surface area contributed by atoms with Gasteiger partial charge in [-0.3, -0.25) is 0 Å². The van der Waals surface area contributed by atoms with Gasteiger partial charge in [-0.05, 0) is 84.1 Å². The summed E-state index contributed by atoms with van der Waals surface area (Å²) in [5.74, 6) is 0. The van der Waals surface area contributed by atoms with Crippen LogP contribution in [0.2, 0.25) is 0 Å². The number of allylic oxidation sites excluding steroid dienone is 1. The minimum atomic E-state index is -1.55. The Hall–Kier alpha value is -3.38. The molecule has 4 N–H and O–H groups in total. The van der Waals surface area contributed by atoms with Crippen LogP contribution < -0.4 is 20.7 Å². The fourth-order valence-corrected chi connectivity index (χ4v) is 6.79. The molecule has 1 aromatic heterocycles. The number of anilines is 1. The number of nitrogens with zero attached hydrogens (tertiary/aromatic N) is 1. The number of carbonyl (C=O) groups excluding carboxylic acids is 2. The summed E-state index contributed by atoms with van der Waals surface area (Å²) in [5.41, 5.74) is 2.52. The third kappa shape index (κ3) is 10.1. The van der Waals surface area contributed by atoms with Gasteiger partial charge in [0.2, 0.25) is 0 Å². The van der Waals surface area contributed by atoms with Crippen LogP contribution in [0.4, 0.5) is 15.3 Å². The van der Waals surface area contributed by atoms with Crippen LogP contribution in [0.25, 0.3) is 16.0 Å². The Morgan fingerprint density at radius 1 is 1.09 bits per heavy atom. The summed E-state index contributed by atoms with van der Waals surface area (Å²) in [6.45, 7) is 11.8. The van der Waals surface area contributed by atoms with Crippen molar-refractivity contribution in [1.82, 2.24) is 20.3 Å². The molecule has 0 fully saturated rings. The molecule has 0 aliphatic heterocycles. The first-order valence-electron chi connectivity index (χ1n) is 14.3. The van der Waals surface area contributed by atoms with E-state index in [1.807, 2.05) is 77.9 Å². The van der Waals surface area contributed by atoms with Crippen molar-refractivity contribution in [1.29, 1.82) is 0 Å². The van der Waals surface area contributed by atoms with Crippen molar-refractivity contribution in [3.63, 3.8) is 0 Å². The number of benzene rings is 2. The third-order valence-corrected chi connectivity index (χ3v) is 8.95. The second-order valence-corrected chi connectivity index (χ2v) is 14.7. The van der Waals surface area contributed by atoms with E-state index in [2.05, 4.69) is 31.7 Å². The quantitative estimate of drug-likeness (QED) is 0.200. The molecule has 0 spiro atoms. The molecule has 0 bridgehead atoms. The Kier molecular flexibility index (Phi) is 10.5. The van der Waals surface area contributed by atoms with E-state index in [-0.39, 0.29) is 12.1 Å². The highest BCUT2D eigenvalue weighted by atomic mass is 32.2. The van der Waals surface area contributed by atoms with Crippen LogP contribution >= 0.6 is 11.3 Å². The lowest BCUT2D eigenvalue weighted by Gasteiger charge is -2.25. The number of hydrogen-bond acceptors (Lipinski definition) is 7. The monoisotopic (exact) mass is 623 g/mol. The number of ether oxygens (including phenoxy) is 1. The Morgan fingerprint density at radius 3 is 2.49 bits per heavy atom. The number of carbonyl (C=O) groups is 2. The molecule has 230 valence electrons. The molecule has 4 rings (SSSR count). The first-order chi connectivity index (χ1) is 20.3. The highest BCUT2D eigenvalue weighted by molar-refractivity contribution is 7.89. The first kappa shape index (κ1) is 32.5. The summed E-state index contributed by atoms with van der Waals surface area (Å²) >= 11 is -0.00929. The molecule has 43 heavy (non-hydrogen) atoms. The van der Waals surface area contributed by atoms with Gasteiger partial charge < -0.3 is 25.2 Å². The molecule has 2 aromatic carbocycles. The zero-order valence-corrected chi connectivity index (χ0v) is 27.2. The first-order valence-corrected chi connectivity index (χ1v) is 16.3. The van der Waals surface area contributed by atoms with Crippen LogP contribution in [-0.2, 0) is 22.6 Å². The normalized spacial score (nSPS) is 16.2. The van der Waals surface area contributed by atoms with Gasteiger partial charge in [0.15, 0.2) is 4.90 Å². The maximum absolute atomic E-state index is 13.5. The predicted octanol–water partition coefficient (Wildman–Crippen LogP) is 7.00. The second kappa shape index (κ2) is 13.9. The van der Waals surface area contributed by atoms with Crippen LogP contribution in [0.5, 0.6) is 0 Å². The molecule has 11 heteroatoms. The Balaban J connectivity index is 1.48. The van der Waals surface area contributed by atoms with Crippen molar-refractivity contribution in [3.05, 3.63) is 71.4 Å². The third-order valence-electron chi connectivity index (χ3n) is 6.31. The van der Waals surface area contributed by atoms with E-state index in [4.69, 9.17) is 4.74 Å². The molecular weight excluding hydrogens is 583 g/mol. The van der Waals surface area contributed by atoms with Gasteiger partial charge in [-0.1, -0.05) is 36.4 Å². The molecule has 0 saturated heterocycles. The summed E-state index contributed by atoms with van der Waals surface area (Å²) in [6.07, 6.45) is 5.78. The fraction of sp³-hybridized carbons (Fsp3) is 0.406. The number of urea groups is 1. The van der Waals surface area contributed by atoms with Crippen molar-refractivity contribution in [2.24, 2.45) is 0 Å². The summed E-state index contributed by atoms with van der Waals surface area (Å²) in [6, 6.07) is 14.8. The molecule has 0 radical (unpaired) electrons. The van der Waals surface area contributed by atoms with E-state index < -0.39 is 28.6 Å². The van der Waals surface area contributed by atoms with E-state index >= 15 is 0 Å². The SMILES string of the molecule is CC(C)(C)N[S+]([O-])c1cc(NC(=O)NCc2ccccc2)ccc1-c1cnc(C2=CCC(NC(=O)OC(C)(C)C)CC2)s1. The van der Waals surface area contributed by atoms with Crippen molar-refractivity contribution in [2.75, 3.05) is 5.32 Å². The molecule has 2 atom stereocenters. The van der Waals surface area contributed by atoms with Crippen LogP contribution in [0.3, 0.4) is 0 Å². The average molecular weight is 624 g/mol. The molecule has 3 aromatic rings. The summed E-state index contributed by atoms with van der Waals surface area (Å²) in [4.78, 5) is 30.9. The van der Waals surface area contributed by atoms with Crippen LogP contribution in [0.15, 0.2) is 65.7 Å². The van der Waals surface area contributed by atoms with Crippen molar-refractivity contribution in [2.45, 2.75) is 89.4 Å². The van der Waals surface area contributed by atoms with Crippen molar-refractivity contribution in [3.8, 4) is 10.4 Å². The van der Waals surface area contributed by atoms with Gasteiger partial charge in [-0.25, -0.2) is 14.6 Å². The van der Waals surface area contributed by atoms with Gasteiger partial charge in [0, 0.05) is 30.5 Å². The van der Waals surface area contributed by atoms with E-state index in [0.29, 0.717) is 23.5 Å². The minimum Gasteiger partial charge on any atom is -0.593 e. The standard InChI is InChI=1S/C32H41N5O4S2/c1-31(2,3)37-43(40)27-18-24(35-29(38)34-19-21-10-8-7-9-11-21)16-17-25(27)26-20-33-28(42-26)22-12-14-23(15-13-22)36-30(39)41-32(4,5)6/h7-12,16-18,20,23,37H,13-15,19H2,1-6H3,(H,36,39)(H2,34,35,38). The molecule has 1 aliphatic carbocycles. The molecule has 9 nitrogen and oxygen atoms in total. The van der Waals surface area contributed by atoms with Gasteiger partial charge in [0.05, 0.1) is 27.3 Å². The summed E-state index contributed by atoms with van der Waals surface area (Å²) < 4.78 is 22.1. The largest absolute Gasteiger partial charge is 0.593 e. The van der Waals surface area contributed by atoms with Gasteiger partial charge in [-0.2, -0.15) is 0 Å². The number of hydrogen-bond donors (Lipinski definition) is 4. The lowest BCUT2D eigenvalue weighted by Crippen LogP contribution is -2.40. The van der Waals surface area contributed by atoms with Crippen LogP contribution in [0, 0.1) is 0 Å². The zero-order chi connectivity index (χ0) is 31.2. The molecule has 2 unspecified atom stereocenters. The Labute approximate surface area is 261 Å². The highest BCUT2D eigenvalue weighted by Crippen LogP contribution is 2.38. The van der Waals surface area contributed by atoms with E-state index in [1.165, 1.54) is 11.3 Å². The summed E-state index contributed by atoms with van der Waals surface area (Å²) in [7, 11) is 0. The topological polar surface area (TPSA) is 127 Å². The number of aromatic nitrogens is 1. The smallest absolute Gasteiger partial charge is 0.407 e. The van der Waals surface area contributed by atoms with E-state index in [9.17, 15) is 14.1 Å². The highest BCUT2D eigenvalue weighted by Gasteiger charge is 2.27. The molecule has 3 amide bonds. The van der Waals surface area contributed by atoms with Gasteiger partial charge >= 0.3 is 12.1 Å². The Bertz CT molecular complexity index is 1440. The van der Waals surface area contributed by atoms with Crippen molar-refractivity contribution < 1.29 is 18.9 Å². The van der Waals surface area contributed by atoms with Gasteiger partial charge in [-0.15, -0.1) is 16.1 Å². The summed E-state index contributed by atoms with van der Waals surface area (Å²) in [5, 5.41) is 9.57. The molecule has 1 aliphatic rings. The number of alkyl carbamates (subject to hydrolysis) is 1. The van der Waals surface area contributed by atoms with Crippen molar-refractivity contribution >= 4 is 46.1 Å². The van der Waals surface area contributed by atoms with Gasteiger partial charge in [0.25, 0.3) is 0 Å². The maximum Gasteiger partial charge on any atom is 0.407 e. The van der Waals surface area contributed by atoms with Crippen LogP contribution in [-0.4, -0.2) is 38.8 Å². The maximum atomic E-state index is 13.5. The molecule has 0 saturated carbocycles. The number of amides is 3.